The number of aryl methyl sites for hydroxylation is 1. The molecule has 1 N–H and O–H groups in total. The first-order valence-electron chi connectivity index (χ1n) is 7.01. The quantitative estimate of drug-likeness (QED) is 0.831. The molecule has 0 aliphatic heterocycles. The van der Waals surface area contributed by atoms with Gasteiger partial charge < -0.3 is 5.11 Å². The van der Waals surface area contributed by atoms with Crippen LogP contribution >= 0.6 is 0 Å². The van der Waals surface area contributed by atoms with E-state index in [1.165, 1.54) is 5.56 Å². The number of rotatable bonds is 2. The molecule has 0 saturated heterocycles. The molecule has 21 heavy (non-hydrogen) atoms. The third-order valence-electron chi connectivity index (χ3n) is 2.97. The van der Waals surface area contributed by atoms with Crippen LogP contribution in [0.25, 0.3) is 0 Å². The molecular weight excluding hydrogens is 256 g/mol. The van der Waals surface area contributed by atoms with Crippen LogP contribution in [0.1, 0.15) is 29.5 Å². The van der Waals surface area contributed by atoms with E-state index in [4.69, 9.17) is 0 Å². The Hall–Kier alpha value is -2.48. The zero-order chi connectivity index (χ0) is 14.9. The van der Waals surface area contributed by atoms with E-state index in [-0.39, 0.29) is 0 Å². The maximum atomic E-state index is 9.84. The maximum Gasteiger partial charge on any atom is 0.0758 e. The summed E-state index contributed by atoms with van der Waals surface area (Å²) < 4.78 is 0. The summed E-state index contributed by atoms with van der Waals surface area (Å²) in [7, 11) is 0. The van der Waals surface area contributed by atoms with Crippen LogP contribution in [0.4, 0.5) is 0 Å². The molecule has 1 atom stereocenters. The van der Waals surface area contributed by atoms with Gasteiger partial charge in [0.05, 0.1) is 6.10 Å². The average molecular weight is 274 g/mol. The Balaban J connectivity index is 1.82. The highest BCUT2D eigenvalue weighted by Gasteiger charge is 1.98. The summed E-state index contributed by atoms with van der Waals surface area (Å²) in [6.07, 6.45) is 0.383. The van der Waals surface area contributed by atoms with Gasteiger partial charge in [0.1, 0.15) is 0 Å². The number of hydrogen-bond donors (Lipinski definition) is 1. The normalized spacial score (nSPS) is 10.8. The van der Waals surface area contributed by atoms with Crippen LogP contribution in [0.2, 0.25) is 0 Å². The maximum absolute atomic E-state index is 9.84. The highest BCUT2D eigenvalue weighted by atomic mass is 16.3. The van der Waals surface area contributed by atoms with Crippen LogP contribution in [0.3, 0.4) is 0 Å². The first kappa shape index (κ1) is 14.9. The summed E-state index contributed by atoms with van der Waals surface area (Å²) in [6, 6.07) is 17.8. The topological polar surface area (TPSA) is 20.2 Å². The van der Waals surface area contributed by atoms with Gasteiger partial charge in [-0.3, -0.25) is 0 Å². The Morgan fingerprint density at radius 2 is 1.33 bits per heavy atom. The van der Waals surface area contributed by atoms with E-state index < -0.39 is 6.10 Å². The van der Waals surface area contributed by atoms with Crippen molar-refractivity contribution in [1.29, 1.82) is 0 Å². The summed E-state index contributed by atoms with van der Waals surface area (Å²) in [5.41, 5.74) is 3.16. The fourth-order valence-electron chi connectivity index (χ4n) is 1.77. The van der Waals surface area contributed by atoms with Crippen LogP contribution in [0.5, 0.6) is 0 Å². The molecule has 0 fully saturated rings. The highest BCUT2D eigenvalue weighted by molar-refractivity contribution is 5.36. The van der Waals surface area contributed by atoms with Gasteiger partial charge in [-0.05, 0) is 31.2 Å². The third-order valence-corrected chi connectivity index (χ3v) is 2.97. The molecule has 2 aromatic carbocycles. The van der Waals surface area contributed by atoms with Gasteiger partial charge in [-0.2, -0.15) is 0 Å². The van der Waals surface area contributed by atoms with E-state index in [9.17, 15) is 5.11 Å². The molecule has 1 unspecified atom stereocenters. The number of benzene rings is 2. The van der Waals surface area contributed by atoms with Crippen LogP contribution < -0.4 is 0 Å². The zero-order valence-corrected chi connectivity index (χ0v) is 12.1. The predicted molar refractivity (Wildman–Crippen MR) is 86.6 cm³/mol. The van der Waals surface area contributed by atoms with Gasteiger partial charge in [-0.15, -0.1) is 0 Å². The fraction of sp³-hybridized carbons (Fsp3) is 0.200. The summed E-state index contributed by atoms with van der Waals surface area (Å²) >= 11 is 0. The van der Waals surface area contributed by atoms with E-state index in [2.05, 4.69) is 23.7 Å². The van der Waals surface area contributed by atoms with Crippen molar-refractivity contribution in [3.8, 4) is 23.7 Å². The minimum atomic E-state index is -0.501. The molecule has 0 heterocycles. The van der Waals surface area contributed by atoms with Gasteiger partial charge in [0, 0.05) is 24.0 Å². The van der Waals surface area contributed by atoms with E-state index in [0.717, 1.165) is 11.1 Å². The second-order valence-electron chi connectivity index (χ2n) is 4.90. The van der Waals surface area contributed by atoms with E-state index in [1.807, 2.05) is 61.5 Å². The van der Waals surface area contributed by atoms with Crippen molar-refractivity contribution in [1.82, 2.24) is 0 Å². The Labute approximate surface area is 126 Å². The fourth-order valence-corrected chi connectivity index (χ4v) is 1.77. The van der Waals surface area contributed by atoms with E-state index >= 15 is 0 Å². The molecule has 0 aliphatic carbocycles. The van der Waals surface area contributed by atoms with Crippen LogP contribution in [-0.2, 0) is 0 Å². The largest absolute Gasteiger partial charge is 0.391 e. The lowest BCUT2D eigenvalue weighted by Crippen LogP contribution is -2.03. The van der Waals surface area contributed by atoms with Crippen molar-refractivity contribution in [2.24, 2.45) is 0 Å². The van der Waals surface area contributed by atoms with Gasteiger partial charge in [0.25, 0.3) is 0 Å². The SMILES string of the molecule is Cc1ccc(C#CCC(O)CC#Cc2ccccc2)cc1. The average Bonchev–Trinajstić information content (AvgIpc) is 2.50. The van der Waals surface area contributed by atoms with Crippen LogP contribution in [0, 0.1) is 30.6 Å². The summed E-state index contributed by atoms with van der Waals surface area (Å²) in [5.74, 6) is 12.1. The molecule has 0 spiro atoms. The summed E-state index contributed by atoms with van der Waals surface area (Å²) in [4.78, 5) is 0. The van der Waals surface area contributed by atoms with Crippen molar-refractivity contribution in [2.75, 3.05) is 0 Å². The van der Waals surface area contributed by atoms with E-state index in [1.54, 1.807) is 0 Å². The van der Waals surface area contributed by atoms with Crippen molar-refractivity contribution in [2.45, 2.75) is 25.9 Å². The lowest BCUT2D eigenvalue weighted by atomic mass is 10.1. The first-order valence-corrected chi connectivity index (χ1v) is 7.01. The van der Waals surface area contributed by atoms with Crippen molar-refractivity contribution in [3.63, 3.8) is 0 Å². The molecule has 2 rings (SSSR count). The standard InChI is InChI=1S/C20H18O/c1-17-13-15-19(16-14-17)10-6-12-20(21)11-5-9-18-7-3-2-4-8-18/h2-4,7-8,13-16,20-21H,11-12H2,1H3. The molecule has 0 aromatic heterocycles. The summed E-state index contributed by atoms with van der Waals surface area (Å²) in [5, 5.41) is 9.84. The third kappa shape index (κ3) is 5.57. The molecule has 0 saturated carbocycles. The first-order chi connectivity index (χ1) is 10.2. The molecular formula is C20H18O. The molecule has 0 bridgehead atoms. The number of hydrogen-bond acceptors (Lipinski definition) is 1. The smallest absolute Gasteiger partial charge is 0.0758 e. The van der Waals surface area contributed by atoms with Gasteiger partial charge in [-0.1, -0.05) is 59.6 Å². The van der Waals surface area contributed by atoms with Crippen molar-refractivity contribution >= 4 is 0 Å². The van der Waals surface area contributed by atoms with Crippen LogP contribution in [0.15, 0.2) is 54.6 Å². The predicted octanol–water partition coefficient (Wildman–Crippen LogP) is 3.54. The van der Waals surface area contributed by atoms with Crippen LogP contribution in [-0.4, -0.2) is 11.2 Å². The Morgan fingerprint density at radius 1 is 0.810 bits per heavy atom. The zero-order valence-electron chi connectivity index (χ0n) is 12.1. The monoisotopic (exact) mass is 274 g/mol. The van der Waals surface area contributed by atoms with E-state index in [0.29, 0.717) is 12.8 Å². The minimum Gasteiger partial charge on any atom is -0.391 e. The Kier molecular flexibility index (Phi) is 5.65. The molecule has 0 amide bonds. The lowest BCUT2D eigenvalue weighted by Gasteiger charge is -1.99. The molecule has 1 nitrogen and oxygen atoms in total. The van der Waals surface area contributed by atoms with Gasteiger partial charge in [-0.25, -0.2) is 0 Å². The van der Waals surface area contributed by atoms with Gasteiger partial charge in [0.15, 0.2) is 0 Å². The van der Waals surface area contributed by atoms with Gasteiger partial charge in [0.2, 0.25) is 0 Å². The molecule has 1 heteroatoms. The van der Waals surface area contributed by atoms with Crippen molar-refractivity contribution < 1.29 is 5.11 Å². The lowest BCUT2D eigenvalue weighted by molar-refractivity contribution is 0.186. The minimum absolute atomic E-state index is 0.442. The number of aliphatic hydroxyl groups is 1. The summed E-state index contributed by atoms with van der Waals surface area (Å²) in [6.45, 7) is 2.05. The number of aliphatic hydroxyl groups excluding tert-OH is 1. The molecule has 0 aliphatic rings. The molecule has 0 radical (unpaired) electrons. The highest BCUT2D eigenvalue weighted by Crippen LogP contribution is 2.02. The molecule has 104 valence electrons. The Morgan fingerprint density at radius 3 is 1.90 bits per heavy atom. The second kappa shape index (κ2) is 7.95. The second-order valence-corrected chi connectivity index (χ2v) is 4.90. The Bertz CT molecular complexity index is 676. The van der Waals surface area contributed by atoms with Crippen molar-refractivity contribution in [3.05, 3.63) is 71.3 Å². The molecule has 2 aromatic rings. The van der Waals surface area contributed by atoms with Gasteiger partial charge >= 0.3 is 0 Å².